The standard InChI is InChI=1S/C6H6O.C3H6.C2H6/c7-6-4-2-1-3-5-6;1-2-3-1;1-2/h1-5,7H;1-3H2;1-2H3. The third-order valence-corrected chi connectivity index (χ3v) is 1.11. The van der Waals surface area contributed by atoms with Crippen LogP contribution in [0.2, 0.25) is 0 Å². The summed E-state index contributed by atoms with van der Waals surface area (Å²) in [5.41, 5.74) is 0. The Labute approximate surface area is 75.1 Å². The van der Waals surface area contributed by atoms with Gasteiger partial charge in [-0.05, 0) is 12.1 Å². The summed E-state index contributed by atoms with van der Waals surface area (Å²) < 4.78 is 0. The van der Waals surface area contributed by atoms with Crippen LogP contribution in [0.3, 0.4) is 0 Å². The van der Waals surface area contributed by atoms with Gasteiger partial charge in [-0.3, -0.25) is 0 Å². The number of rotatable bonds is 0. The van der Waals surface area contributed by atoms with Crippen LogP contribution in [-0.4, -0.2) is 5.11 Å². The van der Waals surface area contributed by atoms with Gasteiger partial charge in [-0.15, -0.1) is 0 Å². The topological polar surface area (TPSA) is 20.2 Å². The normalized spacial score (nSPS) is 11.5. The predicted octanol–water partition coefficient (Wildman–Crippen LogP) is 3.59. The van der Waals surface area contributed by atoms with Gasteiger partial charge in [-0.2, -0.15) is 0 Å². The summed E-state index contributed by atoms with van der Waals surface area (Å²) in [5.74, 6) is 0.322. The molecule has 1 fully saturated rings. The Kier molecular flexibility index (Phi) is 7.46. The average molecular weight is 166 g/mol. The fourth-order valence-electron chi connectivity index (χ4n) is 0.428. The van der Waals surface area contributed by atoms with E-state index >= 15 is 0 Å². The fourth-order valence-corrected chi connectivity index (χ4v) is 0.428. The van der Waals surface area contributed by atoms with Crippen LogP contribution in [0.25, 0.3) is 0 Å². The second-order valence-electron chi connectivity index (χ2n) is 2.40. The first kappa shape index (κ1) is 11.0. The van der Waals surface area contributed by atoms with Crippen LogP contribution in [0.1, 0.15) is 33.1 Å². The molecule has 0 aromatic heterocycles. The molecule has 1 nitrogen and oxygen atoms in total. The van der Waals surface area contributed by atoms with Crippen molar-refractivity contribution in [2.24, 2.45) is 0 Å². The average Bonchev–Trinajstić information content (AvgIpc) is 2.95. The molecule has 0 atom stereocenters. The molecule has 1 aromatic carbocycles. The van der Waals surface area contributed by atoms with Crippen molar-refractivity contribution in [3.8, 4) is 5.75 Å². The van der Waals surface area contributed by atoms with E-state index in [2.05, 4.69) is 0 Å². The molecule has 0 radical (unpaired) electrons. The van der Waals surface area contributed by atoms with Crippen molar-refractivity contribution in [3.63, 3.8) is 0 Å². The number of para-hydroxylation sites is 1. The van der Waals surface area contributed by atoms with Crippen molar-refractivity contribution in [3.05, 3.63) is 30.3 Å². The van der Waals surface area contributed by atoms with Crippen molar-refractivity contribution in [2.75, 3.05) is 0 Å². The smallest absolute Gasteiger partial charge is 0.115 e. The minimum Gasteiger partial charge on any atom is -0.508 e. The summed E-state index contributed by atoms with van der Waals surface area (Å²) >= 11 is 0. The molecule has 0 unspecified atom stereocenters. The van der Waals surface area contributed by atoms with Crippen LogP contribution in [0, 0.1) is 0 Å². The van der Waals surface area contributed by atoms with Crippen LogP contribution in [0.15, 0.2) is 30.3 Å². The molecule has 0 heterocycles. The number of phenolic OH excluding ortho intramolecular Hbond substituents is 1. The van der Waals surface area contributed by atoms with Gasteiger partial charge >= 0.3 is 0 Å². The number of benzene rings is 1. The zero-order valence-corrected chi connectivity index (χ0v) is 7.96. The Bertz CT molecular complexity index is 165. The van der Waals surface area contributed by atoms with Crippen molar-refractivity contribution in [1.82, 2.24) is 0 Å². The molecule has 0 spiro atoms. The molecular formula is C11H18O. The lowest BCUT2D eigenvalue weighted by atomic mass is 10.3. The second-order valence-corrected chi connectivity index (χ2v) is 2.40. The molecular weight excluding hydrogens is 148 g/mol. The Morgan fingerprint density at radius 3 is 1.50 bits per heavy atom. The molecule has 0 amide bonds. The monoisotopic (exact) mass is 166 g/mol. The Balaban J connectivity index is 0.000000202. The van der Waals surface area contributed by atoms with E-state index < -0.39 is 0 Å². The van der Waals surface area contributed by atoms with Gasteiger partial charge < -0.3 is 5.11 Å². The number of hydrogen-bond donors (Lipinski definition) is 1. The molecule has 1 N–H and O–H groups in total. The fraction of sp³-hybridized carbons (Fsp3) is 0.455. The summed E-state index contributed by atoms with van der Waals surface area (Å²) in [6, 6.07) is 8.71. The molecule has 0 bridgehead atoms. The summed E-state index contributed by atoms with van der Waals surface area (Å²) in [7, 11) is 0. The highest BCUT2D eigenvalue weighted by Gasteiger charge is 1.95. The van der Waals surface area contributed by atoms with Gasteiger partial charge in [-0.1, -0.05) is 51.3 Å². The minimum atomic E-state index is 0.322. The van der Waals surface area contributed by atoms with Gasteiger partial charge in [0.25, 0.3) is 0 Å². The van der Waals surface area contributed by atoms with Crippen LogP contribution in [0.4, 0.5) is 0 Å². The number of hydrogen-bond acceptors (Lipinski definition) is 1. The van der Waals surface area contributed by atoms with E-state index in [-0.39, 0.29) is 0 Å². The lowest BCUT2D eigenvalue weighted by Crippen LogP contribution is -1.56. The third kappa shape index (κ3) is 9.02. The number of aromatic hydroxyl groups is 1. The SMILES string of the molecule is C1CC1.CC.Oc1ccccc1. The molecule has 1 saturated carbocycles. The van der Waals surface area contributed by atoms with Gasteiger partial charge in [0.2, 0.25) is 0 Å². The molecule has 1 aliphatic rings. The van der Waals surface area contributed by atoms with Crippen LogP contribution in [0.5, 0.6) is 5.75 Å². The third-order valence-electron chi connectivity index (χ3n) is 1.11. The van der Waals surface area contributed by atoms with E-state index in [0.29, 0.717) is 5.75 Å². The number of phenols is 1. The van der Waals surface area contributed by atoms with Crippen LogP contribution < -0.4 is 0 Å². The first-order chi connectivity index (χ1) is 5.89. The quantitative estimate of drug-likeness (QED) is 0.624. The maximum Gasteiger partial charge on any atom is 0.115 e. The molecule has 0 saturated heterocycles. The maximum atomic E-state index is 8.63. The molecule has 1 aromatic rings. The summed E-state index contributed by atoms with van der Waals surface area (Å²) in [6.45, 7) is 4.00. The van der Waals surface area contributed by atoms with E-state index in [1.165, 1.54) is 19.3 Å². The summed E-state index contributed by atoms with van der Waals surface area (Å²) in [5, 5.41) is 8.63. The van der Waals surface area contributed by atoms with E-state index in [1.807, 2.05) is 19.9 Å². The van der Waals surface area contributed by atoms with E-state index in [1.54, 1.807) is 24.3 Å². The predicted molar refractivity (Wildman–Crippen MR) is 53.3 cm³/mol. The zero-order chi connectivity index (χ0) is 9.23. The van der Waals surface area contributed by atoms with E-state index in [9.17, 15) is 0 Å². The molecule has 0 aliphatic heterocycles. The largest absolute Gasteiger partial charge is 0.508 e. The molecule has 1 aliphatic carbocycles. The molecule has 1 heteroatoms. The Morgan fingerprint density at radius 1 is 0.917 bits per heavy atom. The van der Waals surface area contributed by atoms with Gasteiger partial charge in [0.1, 0.15) is 5.75 Å². The highest BCUT2D eigenvalue weighted by molar-refractivity contribution is 5.18. The van der Waals surface area contributed by atoms with Gasteiger partial charge in [0.05, 0.1) is 0 Å². The van der Waals surface area contributed by atoms with E-state index in [4.69, 9.17) is 5.11 Å². The minimum absolute atomic E-state index is 0.322. The van der Waals surface area contributed by atoms with Gasteiger partial charge in [-0.25, -0.2) is 0 Å². The van der Waals surface area contributed by atoms with Gasteiger partial charge in [0, 0.05) is 0 Å². The first-order valence-electron chi connectivity index (χ1n) is 4.63. The molecule has 68 valence electrons. The highest BCUT2D eigenvalue weighted by Crippen LogP contribution is 2.14. The van der Waals surface area contributed by atoms with Crippen molar-refractivity contribution < 1.29 is 5.11 Å². The Hall–Kier alpha value is -0.980. The van der Waals surface area contributed by atoms with E-state index in [0.717, 1.165) is 0 Å². The van der Waals surface area contributed by atoms with Crippen molar-refractivity contribution in [2.45, 2.75) is 33.1 Å². The van der Waals surface area contributed by atoms with Crippen molar-refractivity contribution >= 4 is 0 Å². The van der Waals surface area contributed by atoms with Crippen LogP contribution >= 0.6 is 0 Å². The van der Waals surface area contributed by atoms with Gasteiger partial charge in [0.15, 0.2) is 0 Å². The zero-order valence-electron chi connectivity index (χ0n) is 7.96. The second kappa shape index (κ2) is 8.12. The maximum absolute atomic E-state index is 8.63. The molecule has 2 rings (SSSR count). The molecule has 12 heavy (non-hydrogen) atoms. The highest BCUT2D eigenvalue weighted by atomic mass is 16.3. The van der Waals surface area contributed by atoms with Crippen LogP contribution in [-0.2, 0) is 0 Å². The lowest BCUT2D eigenvalue weighted by molar-refractivity contribution is 0.475. The summed E-state index contributed by atoms with van der Waals surface area (Å²) in [4.78, 5) is 0. The Morgan fingerprint density at radius 2 is 1.33 bits per heavy atom. The van der Waals surface area contributed by atoms with Crippen molar-refractivity contribution in [1.29, 1.82) is 0 Å². The summed E-state index contributed by atoms with van der Waals surface area (Å²) in [6.07, 6.45) is 4.50. The lowest BCUT2D eigenvalue weighted by Gasteiger charge is -1.82. The first-order valence-corrected chi connectivity index (χ1v) is 4.63.